The zero-order valence-electron chi connectivity index (χ0n) is 26.5. The lowest BCUT2D eigenvalue weighted by atomic mass is 9.94. The van der Waals surface area contributed by atoms with Gasteiger partial charge in [0.2, 0.25) is 11.7 Å². The van der Waals surface area contributed by atoms with E-state index in [9.17, 15) is 19.2 Å². The number of rotatable bonds is 9. The van der Waals surface area contributed by atoms with Crippen LogP contribution in [0.2, 0.25) is 5.02 Å². The molecule has 0 fully saturated rings. The summed E-state index contributed by atoms with van der Waals surface area (Å²) in [7, 11) is 4.36. The molecule has 244 valence electrons. The summed E-state index contributed by atoms with van der Waals surface area (Å²) >= 11 is 6.34. The first-order valence-electron chi connectivity index (χ1n) is 14.3. The molecule has 3 amide bonds. The van der Waals surface area contributed by atoms with Gasteiger partial charge in [0.05, 0.1) is 38.3 Å². The fraction of sp³-hybridized carbons (Fsp3) is 0.333. The third-order valence-electron chi connectivity index (χ3n) is 6.83. The number of ketones is 1. The lowest BCUT2D eigenvalue weighted by Gasteiger charge is -2.28. The number of amides is 3. The van der Waals surface area contributed by atoms with Gasteiger partial charge in [-0.05, 0) is 63.6 Å². The molecule has 0 bridgehead atoms. The second-order valence-electron chi connectivity index (χ2n) is 11.4. The summed E-state index contributed by atoms with van der Waals surface area (Å²) < 4.78 is 27.7. The molecule has 0 radical (unpaired) electrons. The molecule has 1 aliphatic rings. The van der Waals surface area contributed by atoms with Crippen LogP contribution in [-0.4, -0.2) is 56.7 Å². The van der Waals surface area contributed by atoms with E-state index in [2.05, 4.69) is 16.0 Å². The van der Waals surface area contributed by atoms with Gasteiger partial charge in [0.15, 0.2) is 17.3 Å². The molecular formula is C33H36ClN3O9. The van der Waals surface area contributed by atoms with Crippen LogP contribution >= 0.6 is 11.6 Å². The van der Waals surface area contributed by atoms with E-state index in [-0.39, 0.29) is 45.6 Å². The number of carbonyl (C=O) groups is 4. The third kappa shape index (κ3) is 7.81. The number of methoxy groups -OCH3 is 3. The smallest absolute Gasteiger partial charge is 0.408 e. The van der Waals surface area contributed by atoms with Crippen molar-refractivity contribution in [1.29, 1.82) is 0 Å². The topological polar surface area (TPSA) is 151 Å². The van der Waals surface area contributed by atoms with E-state index in [1.165, 1.54) is 46.5 Å². The van der Waals surface area contributed by atoms with E-state index in [1.54, 1.807) is 51.1 Å². The summed E-state index contributed by atoms with van der Waals surface area (Å²) in [6.45, 7) is 6.64. The minimum absolute atomic E-state index is 0.0189. The highest BCUT2D eigenvalue weighted by Gasteiger charge is 2.34. The van der Waals surface area contributed by atoms with Gasteiger partial charge in [-0.3, -0.25) is 14.4 Å². The Morgan fingerprint density at radius 1 is 0.935 bits per heavy atom. The average Bonchev–Trinajstić information content (AvgIpc) is 2.99. The van der Waals surface area contributed by atoms with Crippen molar-refractivity contribution >= 4 is 46.7 Å². The molecule has 3 aromatic rings. The minimum Gasteiger partial charge on any atom is -0.493 e. The zero-order chi connectivity index (χ0) is 33.8. The van der Waals surface area contributed by atoms with E-state index in [0.29, 0.717) is 22.7 Å². The number of hydrogen-bond donors (Lipinski definition) is 3. The quantitative estimate of drug-likeness (QED) is 0.246. The van der Waals surface area contributed by atoms with Crippen molar-refractivity contribution in [3.8, 4) is 23.0 Å². The molecule has 1 heterocycles. The molecule has 0 saturated carbocycles. The Hall–Kier alpha value is -4.97. The molecule has 1 unspecified atom stereocenters. The lowest BCUT2D eigenvalue weighted by Crippen LogP contribution is -2.44. The van der Waals surface area contributed by atoms with E-state index >= 15 is 0 Å². The van der Waals surface area contributed by atoms with Gasteiger partial charge in [0.25, 0.3) is 5.91 Å². The maximum atomic E-state index is 13.3. The molecule has 0 spiro atoms. The number of fused-ring (bicyclic) bond motifs is 1. The van der Waals surface area contributed by atoms with Crippen molar-refractivity contribution in [3.05, 3.63) is 70.2 Å². The van der Waals surface area contributed by atoms with Crippen LogP contribution in [0.15, 0.2) is 48.5 Å². The molecule has 3 aromatic carbocycles. The van der Waals surface area contributed by atoms with E-state index in [1.807, 2.05) is 0 Å². The zero-order valence-corrected chi connectivity index (χ0v) is 27.3. The summed E-state index contributed by atoms with van der Waals surface area (Å²) in [6, 6.07) is 12.0. The maximum Gasteiger partial charge on any atom is 0.408 e. The summed E-state index contributed by atoms with van der Waals surface area (Å²) in [4.78, 5) is 51.3. The molecule has 4 rings (SSSR count). The number of Topliss-reactive ketones (excluding diaryl/α,β-unsaturated/α-hetero) is 1. The SMILES string of the molecule is COc1cc2c(c(OC)c1OC)C(=O)CC(c1cccc(NC(=O)c3cc(NC(=O)[C@H](C)NC(=O)OC(C)(C)C)ccc3Cl)c1)O2. The van der Waals surface area contributed by atoms with Crippen LogP contribution < -0.4 is 34.9 Å². The first-order chi connectivity index (χ1) is 21.7. The number of carbonyl (C=O) groups excluding carboxylic acids is 4. The van der Waals surface area contributed by atoms with Crippen LogP contribution in [0.1, 0.15) is 66.5 Å². The Labute approximate surface area is 271 Å². The molecule has 46 heavy (non-hydrogen) atoms. The van der Waals surface area contributed by atoms with Gasteiger partial charge in [-0.15, -0.1) is 0 Å². The number of halogens is 1. The molecular weight excluding hydrogens is 618 g/mol. The summed E-state index contributed by atoms with van der Waals surface area (Å²) in [6.07, 6.45) is -1.37. The standard InChI is InChI=1S/C33H36ClN3O9/c1-17(35-32(41)46-33(2,3)4)30(39)36-20-11-12-22(34)21(14-20)31(40)37-19-10-8-9-18(13-19)24-15-23(38)27-25(45-24)16-26(42-5)28(43-6)29(27)44-7/h8-14,16-17,24H,15H2,1-7H3,(H,35,41)(H,36,39)(H,37,40)/t17-,24?/m0/s1. The van der Waals surface area contributed by atoms with Gasteiger partial charge in [-0.1, -0.05) is 23.7 Å². The molecule has 0 aromatic heterocycles. The summed E-state index contributed by atoms with van der Waals surface area (Å²) in [5, 5.41) is 8.09. The Bertz CT molecular complexity index is 1670. The van der Waals surface area contributed by atoms with Crippen molar-refractivity contribution in [2.45, 2.75) is 51.9 Å². The lowest BCUT2D eigenvalue weighted by molar-refractivity contribution is -0.117. The second-order valence-corrected chi connectivity index (χ2v) is 11.8. The van der Waals surface area contributed by atoms with Crippen LogP contribution in [0.25, 0.3) is 0 Å². The van der Waals surface area contributed by atoms with Gasteiger partial charge in [-0.2, -0.15) is 0 Å². The highest BCUT2D eigenvalue weighted by atomic mass is 35.5. The molecule has 13 heteroatoms. The first-order valence-corrected chi connectivity index (χ1v) is 14.7. The number of anilines is 2. The molecule has 0 aliphatic carbocycles. The number of nitrogens with one attached hydrogen (secondary N) is 3. The molecule has 3 N–H and O–H groups in total. The van der Waals surface area contributed by atoms with Crippen LogP contribution in [0.4, 0.5) is 16.2 Å². The number of hydrogen-bond acceptors (Lipinski definition) is 9. The Morgan fingerprint density at radius 2 is 1.63 bits per heavy atom. The number of ether oxygens (including phenoxy) is 5. The monoisotopic (exact) mass is 653 g/mol. The van der Waals surface area contributed by atoms with Crippen molar-refractivity contribution in [1.82, 2.24) is 5.32 Å². The van der Waals surface area contributed by atoms with E-state index in [4.69, 9.17) is 35.3 Å². The Balaban J connectivity index is 1.48. The minimum atomic E-state index is -0.921. The van der Waals surface area contributed by atoms with Crippen molar-refractivity contribution in [2.24, 2.45) is 0 Å². The van der Waals surface area contributed by atoms with Gasteiger partial charge in [0.1, 0.15) is 29.1 Å². The van der Waals surface area contributed by atoms with Crippen molar-refractivity contribution in [2.75, 3.05) is 32.0 Å². The van der Waals surface area contributed by atoms with Crippen molar-refractivity contribution in [3.63, 3.8) is 0 Å². The molecule has 2 atom stereocenters. The summed E-state index contributed by atoms with van der Waals surface area (Å²) in [5.41, 5.74) is 1.00. The molecule has 12 nitrogen and oxygen atoms in total. The molecule has 1 aliphatic heterocycles. The van der Waals surface area contributed by atoms with E-state index < -0.39 is 35.7 Å². The maximum absolute atomic E-state index is 13.3. The predicted molar refractivity (Wildman–Crippen MR) is 172 cm³/mol. The van der Waals surface area contributed by atoms with Crippen LogP contribution in [0.5, 0.6) is 23.0 Å². The highest BCUT2D eigenvalue weighted by Crippen LogP contribution is 2.49. The van der Waals surface area contributed by atoms with Gasteiger partial charge < -0.3 is 39.6 Å². The van der Waals surface area contributed by atoms with Crippen LogP contribution in [0, 0.1) is 0 Å². The number of benzene rings is 3. The van der Waals surface area contributed by atoms with Gasteiger partial charge >= 0.3 is 6.09 Å². The molecule has 0 saturated heterocycles. The fourth-order valence-electron chi connectivity index (χ4n) is 4.73. The number of alkyl carbamates (subject to hydrolysis) is 1. The third-order valence-corrected chi connectivity index (χ3v) is 7.16. The van der Waals surface area contributed by atoms with Crippen LogP contribution in [-0.2, 0) is 9.53 Å². The first kappa shape index (κ1) is 33.9. The van der Waals surface area contributed by atoms with E-state index in [0.717, 1.165) is 0 Å². The summed E-state index contributed by atoms with van der Waals surface area (Å²) in [5.74, 6) is -0.124. The fourth-order valence-corrected chi connectivity index (χ4v) is 4.94. The Morgan fingerprint density at radius 3 is 2.28 bits per heavy atom. The predicted octanol–water partition coefficient (Wildman–Crippen LogP) is 6.18. The van der Waals surface area contributed by atoms with Crippen molar-refractivity contribution < 1.29 is 42.9 Å². The highest BCUT2D eigenvalue weighted by molar-refractivity contribution is 6.34. The van der Waals surface area contributed by atoms with Gasteiger partial charge in [-0.25, -0.2) is 4.79 Å². The normalized spacial score (nSPS) is 14.6. The Kier molecular flexibility index (Phi) is 10.3. The van der Waals surface area contributed by atoms with Crippen LogP contribution in [0.3, 0.4) is 0 Å². The second kappa shape index (κ2) is 14.0. The average molecular weight is 654 g/mol. The largest absolute Gasteiger partial charge is 0.493 e. The van der Waals surface area contributed by atoms with Gasteiger partial charge in [0, 0.05) is 17.4 Å².